The van der Waals surface area contributed by atoms with Gasteiger partial charge in [-0.25, -0.2) is 0 Å². The summed E-state index contributed by atoms with van der Waals surface area (Å²) in [6, 6.07) is 0. The second-order valence-electron chi connectivity index (χ2n) is 17.8. The van der Waals surface area contributed by atoms with E-state index >= 15 is 0 Å². The molecule has 0 aliphatic carbocycles. The van der Waals surface area contributed by atoms with Gasteiger partial charge in [0.15, 0.2) is 6.10 Å². The molecule has 0 fully saturated rings. The molecule has 0 aromatic carbocycles. The normalized spacial score (nSPS) is 11.8. The lowest BCUT2D eigenvalue weighted by Gasteiger charge is -2.18. The number of esters is 3. The molecule has 0 aromatic heterocycles. The molecule has 0 saturated heterocycles. The zero-order chi connectivity index (χ0) is 44.4. The summed E-state index contributed by atoms with van der Waals surface area (Å²) in [5.41, 5.74) is 0. The number of unbranched alkanes of at least 4 members (excludes halogenated alkanes) is 31. The Kier molecular flexibility index (Phi) is 48.3. The van der Waals surface area contributed by atoms with E-state index in [4.69, 9.17) is 14.2 Å². The van der Waals surface area contributed by atoms with Gasteiger partial charge in [0.1, 0.15) is 13.2 Å². The van der Waals surface area contributed by atoms with Crippen molar-refractivity contribution in [1.29, 1.82) is 0 Å². The quantitative estimate of drug-likeness (QED) is 0.0262. The summed E-state index contributed by atoms with van der Waals surface area (Å²) in [7, 11) is 0. The fourth-order valence-electron chi connectivity index (χ4n) is 7.52. The number of hydrogen-bond acceptors (Lipinski definition) is 6. The molecular weight excluding hydrogens is 757 g/mol. The van der Waals surface area contributed by atoms with Crippen LogP contribution in [0.1, 0.15) is 278 Å². The van der Waals surface area contributed by atoms with Crippen molar-refractivity contribution >= 4 is 17.9 Å². The Morgan fingerprint density at radius 2 is 0.557 bits per heavy atom. The van der Waals surface area contributed by atoms with E-state index in [9.17, 15) is 14.4 Å². The molecule has 0 radical (unpaired) electrons. The Hall–Kier alpha value is -2.37. The van der Waals surface area contributed by atoms with Gasteiger partial charge >= 0.3 is 17.9 Å². The molecule has 0 heterocycles. The standard InChI is InChI=1S/C55H100O6/c1-4-7-10-13-16-19-22-23-24-25-26-27-28-29-30-31-34-37-40-43-46-49-55(58)61-52(50-59-53(56)47-44-41-38-35-32-20-17-14-11-8-5-2)51-60-54(57)48-45-42-39-36-33-21-18-15-12-9-6-3/h14-15,17-18,23-24,52H,4-13,16,19-22,25-51H2,1-3H3/b17-14-,18-15-,24-23-. The minimum Gasteiger partial charge on any atom is -0.462 e. The summed E-state index contributed by atoms with van der Waals surface area (Å²) in [5.74, 6) is -0.889. The third-order valence-electron chi connectivity index (χ3n) is 11.6. The van der Waals surface area contributed by atoms with Gasteiger partial charge in [-0.15, -0.1) is 0 Å². The SMILES string of the molecule is CCCC/C=C\CCCCCCCC(=O)OCC(COC(=O)CCCCCCC/C=C\CCCC)OC(=O)CCCCCCCCCCCCC/C=C\CCCCCCCC. The Bertz CT molecular complexity index is 983. The second kappa shape index (κ2) is 50.3. The minimum atomic E-state index is -0.775. The van der Waals surface area contributed by atoms with Crippen LogP contribution in [0.5, 0.6) is 0 Å². The highest BCUT2D eigenvalue weighted by molar-refractivity contribution is 5.71. The summed E-state index contributed by atoms with van der Waals surface area (Å²) in [6.45, 7) is 6.56. The van der Waals surface area contributed by atoms with E-state index in [-0.39, 0.29) is 31.1 Å². The van der Waals surface area contributed by atoms with E-state index < -0.39 is 6.10 Å². The summed E-state index contributed by atoms with van der Waals surface area (Å²) in [4.78, 5) is 37.9. The van der Waals surface area contributed by atoms with Crippen LogP contribution in [0.4, 0.5) is 0 Å². The molecular formula is C55H100O6. The molecule has 0 N–H and O–H groups in total. The Morgan fingerprint density at radius 1 is 0.311 bits per heavy atom. The average Bonchev–Trinajstić information content (AvgIpc) is 3.26. The van der Waals surface area contributed by atoms with Crippen LogP contribution < -0.4 is 0 Å². The number of carbonyl (C=O) groups excluding carboxylic acids is 3. The van der Waals surface area contributed by atoms with Gasteiger partial charge in [-0.05, 0) is 83.5 Å². The monoisotopic (exact) mass is 857 g/mol. The smallest absolute Gasteiger partial charge is 0.306 e. The predicted molar refractivity (Wildman–Crippen MR) is 261 cm³/mol. The first-order valence-corrected chi connectivity index (χ1v) is 26.5. The highest BCUT2D eigenvalue weighted by Gasteiger charge is 2.19. The van der Waals surface area contributed by atoms with Crippen LogP contribution in [-0.2, 0) is 28.6 Å². The fourth-order valence-corrected chi connectivity index (χ4v) is 7.52. The summed E-state index contributed by atoms with van der Waals surface area (Å²) < 4.78 is 16.8. The van der Waals surface area contributed by atoms with Gasteiger partial charge in [-0.1, -0.05) is 211 Å². The van der Waals surface area contributed by atoms with Gasteiger partial charge in [0.2, 0.25) is 0 Å². The van der Waals surface area contributed by atoms with Gasteiger partial charge in [0.25, 0.3) is 0 Å². The van der Waals surface area contributed by atoms with Crippen molar-refractivity contribution in [1.82, 2.24) is 0 Å². The highest BCUT2D eigenvalue weighted by Crippen LogP contribution is 2.15. The van der Waals surface area contributed by atoms with Crippen LogP contribution in [0.2, 0.25) is 0 Å². The zero-order valence-corrected chi connectivity index (χ0v) is 40.7. The molecule has 356 valence electrons. The number of carbonyl (C=O) groups is 3. The van der Waals surface area contributed by atoms with Crippen molar-refractivity contribution in [3.8, 4) is 0 Å². The molecule has 0 bridgehead atoms. The van der Waals surface area contributed by atoms with Crippen molar-refractivity contribution in [2.24, 2.45) is 0 Å². The van der Waals surface area contributed by atoms with Crippen molar-refractivity contribution in [3.63, 3.8) is 0 Å². The maximum absolute atomic E-state index is 12.8. The maximum Gasteiger partial charge on any atom is 0.306 e. The van der Waals surface area contributed by atoms with Gasteiger partial charge in [0, 0.05) is 19.3 Å². The topological polar surface area (TPSA) is 78.9 Å². The van der Waals surface area contributed by atoms with Crippen molar-refractivity contribution in [2.45, 2.75) is 284 Å². The summed E-state index contributed by atoms with van der Waals surface area (Å²) in [5, 5.41) is 0. The molecule has 61 heavy (non-hydrogen) atoms. The van der Waals surface area contributed by atoms with Gasteiger partial charge in [-0.2, -0.15) is 0 Å². The highest BCUT2D eigenvalue weighted by atomic mass is 16.6. The zero-order valence-electron chi connectivity index (χ0n) is 40.7. The first-order valence-electron chi connectivity index (χ1n) is 26.5. The fraction of sp³-hybridized carbons (Fsp3) is 0.836. The summed E-state index contributed by atoms with van der Waals surface area (Å²) >= 11 is 0. The Labute approximate surface area is 378 Å². The van der Waals surface area contributed by atoms with Crippen LogP contribution in [0.3, 0.4) is 0 Å². The molecule has 0 spiro atoms. The van der Waals surface area contributed by atoms with Gasteiger partial charge in [-0.3, -0.25) is 14.4 Å². The maximum atomic E-state index is 12.8. The van der Waals surface area contributed by atoms with Crippen molar-refractivity contribution in [2.75, 3.05) is 13.2 Å². The molecule has 6 nitrogen and oxygen atoms in total. The number of allylic oxidation sites excluding steroid dienone is 6. The number of ether oxygens (including phenoxy) is 3. The lowest BCUT2D eigenvalue weighted by molar-refractivity contribution is -0.167. The predicted octanol–water partition coefficient (Wildman–Crippen LogP) is 17.3. The van der Waals surface area contributed by atoms with E-state index in [1.165, 1.54) is 167 Å². The molecule has 0 amide bonds. The van der Waals surface area contributed by atoms with Gasteiger partial charge < -0.3 is 14.2 Å². The Balaban J connectivity index is 4.27. The second-order valence-corrected chi connectivity index (χ2v) is 17.8. The lowest BCUT2D eigenvalue weighted by atomic mass is 10.0. The molecule has 0 aliphatic rings. The molecule has 6 heteroatoms. The minimum absolute atomic E-state index is 0.0779. The van der Waals surface area contributed by atoms with Crippen molar-refractivity contribution in [3.05, 3.63) is 36.5 Å². The van der Waals surface area contributed by atoms with E-state index in [0.717, 1.165) is 70.6 Å². The molecule has 0 unspecified atom stereocenters. The molecule has 0 aromatic rings. The third-order valence-corrected chi connectivity index (χ3v) is 11.6. The van der Waals surface area contributed by atoms with E-state index in [1.807, 2.05) is 0 Å². The molecule has 0 rings (SSSR count). The molecule has 0 aliphatic heterocycles. The average molecular weight is 857 g/mol. The van der Waals surface area contributed by atoms with Crippen LogP contribution >= 0.6 is 0 Å². The van der Waals surface area contributed by atoms with E-state index in [2.05, 4.69) is 57.2 Å². The Morgan fingerprint density at radius 3 is 0.869 bits per heavy atom. The number of hydrogen-bond donors (Lipinski definition) is 0. The van der Waals surface area contributed by atoms with E-state index in [1.54, 1.807) is 0 Å². The first kappa shape index (κ1) is 58.6. The van der Waals surface area contributed by atoms with Crippen LogP contribution in [0.15, 0.2) is 36.5 Å². The van der Waals surface area contributed by atoms with Crippen LogP contribution in [0.25, 0.3) is 0 Å². The lowest BCUT2D eigenvalue weighted by Crippen LogP contribution is -2.30. The van der Waals surface area contributed by atoms with Crippen LogP contribution in [0, 0.1) is 0 Å². The van der Waals surface area contributed by atoms with Crippen LogP contribution in [-0.4, -0.2) is 37.2 Å². The molecule has 0 saturated carbocycles. The molecule has 0 atom stereocenters. The van der Waals surface area contributed by atoms with Crippen molar-refractivity contribution < 1.29 is 28.6 Å². The largest absolute Gasteiger partial charge is 0.462 e. The number of rotatable bonds is 48. The summed E-state index contributed by atoms with van der Waals surface area (Å²) in [6.07, 6.45) is 58.5. The van der Waals surface area contributed by atoms with E-state index in [0.29, 0.717) is 19.3 Å². The third kappa shape index (κ3) is 48.5. The van der Waals surface area contributed by atoms with Gasteiger partial charge in [0.05, 0.1) is 0 Å². The first-order chi connectivity index (χ1) is 30.0.